The lowest BCUT2D eigenvalue weighted by Gasteiger charge is -2.23. The SMILES string of the molecule is CCC[C@@H](NC1=C(F)CNC(c2c[nH]c3ncc(Cl)cc23)=N1)C(=O)NCC(F)(F)F. The van der Waals surface area contributed by atoms with Gasteiger partial charge in [-0.3, -0.25) is 4.79 Å². The first kappa shape index (κ1) is 21.9. The summed E-state index contributed by atoms with van der Waals surface area (Å²) in [6, 6.07) is 0.604. The molecule has 0 unspecified atom stereocenters. The molecule has 1 atom stereocenters. The molecule has 4 N–H and O–H groups in total. The van der Waals surface area contributed by atoms with Gasteiger partial charge in [0.1, 0.15) is 24.1 Å². The molecule has 12 heteroatoms. The summed E-state index contributed by atoms with van der Waals surface area (Å²) < 4.78 is 51.6. The van der Waals surface area contributed by atoms with E-state index in [4.69, 9.17) is 11.6 Å². The zero-order chi connectivity index (χ0) is 21.9. The lowest BCUT2D eigenvalue weighted by atomic mass is 10.1. The summed E-state index contributed by atoms with van der Waals surface area (Å²) in [5.74, 6) is -1.46. The maximum absolute atomic E-state index is 14.4. The van der Waals surface area contributed by atoms with Gasteiger partial charge in [0, 0.05) is 23.3 Å². The number of H-pyrrole nitrogens is 1. The number of rotatable bonds is 7. The molecule has 3 heterocycles. The minimum absolute atomic E-state index is 0.200. The summed E-state index contributed by atoms with van der Waals surface area (Å²) in [5, 5.41) is 8.35. The first-order valence-corrected chi connectivity index (χ1v) is 9.51. The number of fused-ring (bicyclic) bond motifs is 1. The largest absolute Gasteiger partial charge is 0.405 e. The van der Waals surface area contributed by atoms with E-state index in [1.165, 1.54) is 6.20 Å². The molecule has 1 amide bonds. The van der Waals surface area contributed by atoms with E-state index in [-0.39, 0.29) is 18.8 Å². The van der Waals surface area contributed by atoms with Crippen LogP contribution in [0.4, 0.5) is 17.6 Å². The van der Waals surface area contributed by atoms with Gasteiger partial charge in [-0.05, 0) is 12.5 Å². The van der Waals surface area contributed by atoms with Crippen molar-refractivity contribution in [3.05, 3.63) is 40.7 Å². The van der Waals surface area contributed by atoms with Crippen molar-refractivity contribution >= 4 is 34.4 Å². The van der Waals surface area contributed by atoms with Gasteiger partial charge in [0.2, 0.25) is 5.91 Å². The van der Waals surface area contributed by atoms with Crippen LogP contribution in [0, 0.1) is 0 Å². The summed E-state index contributed by atoms with van der Waals surface area (Å²) in [6.07, 6.45) is -0.748. The highest BCUT2D eigenvalue weighted by Gasteiger charge is 2.30. The van der Waals surface area contributed by atoms with Gasteiger partial charge in [-0.25, -0.2) is 14.4 Å². The van der Waals surface area contributed by atoms with Crippen LogP contribution in [-0.4, -0.2) is 47.0 Å². The number of aromatic nitrogens is 2. The van der Waals surface area contributed by atoms with Crippen molar-refractivity contribution in [1.29, 1.82) is 0 Å². The average Bonchev–Trinajstić information content (AvgIpc) is 3.09. The molecule has 0 radical (unpaired) electrons. The van der Waals surface area contributed by atoms with E-state index in [0.717, 1.165) is 0 Å². The number of nitrogens with zero attached hydrogens (tertiary/aromatic N) is 2. The van der Waals surface area contributed by atoms with Crippen LogP contribution in [0.1, 0.15) is 25.3 Å². The zero-order valence-electron chi connectivity index (χ0n) is 15.8. The fraction of sp³-hybridized carbons (Fsp3) is 0.389. The molecule has 0 fully saturated rings. The van der Waals surface area contributed by atoms with Crippen LogP contribution in [-0.2, 0) is 4.79 Å². The Morgan fingerprint density at radius 2 is 2.17 bits per heavy atom. The summed E-state index contributed by atoms with van der Waals surface area (Å²) in [5.41, 5.74) is 1.14. The number of pyridine rings is 1. The lowest BCUT2D eigenvalue weighted by molar-refractivity contribution is -0.139. The Hall–Kier alpha value is -2.82. The molecular weight excluding hydrogens is 428 g/mol. The van der Waals surface area contributed by atoms with Crippen LogP contribution in [0.2, 0.25) is 5.02 Å². The van der Waals surface area contributed by atoms with Crippen LogP contribution < -0.4 is 16.0 Å². The molecule has 0 aliphatic carbocycles. The second kappa shape index (κ2) is 8.90. The molecule has 2 aromatic rings. The molecule has 0 bridgehead atoms. The number of nitrogens with one attached hydrogen (secondary N) is 4. The molecule has 7 nitrogen and oxygen atoms in total. The van der Waals surface area contributed by atoms with Crippen molar-refractivity contribution < 1.29 is 22.4 Å². The second-order valence-electron chi connectivity index (χ2n) is 6.64. The first-order valence-electron chi connectivity index (χ1n) is 9.13. The number of hydrogen-bond acceptors (Lipinski definition) is 5. The third-order valence-electron chi connectivity index (χ3n) is 4.31. The van der Waals surface area contributed by atoms with Crippen LogP contribution in [0.5, 0.6) is 0 Å². The van der Waals surface area contributed by atoms with Crippen LogP contribution >= 0.6 is 11.6 Å². The van der Waals surface area contributed by atoms with Crippen molar-refractivity contribution in [2.45, 2.75) is 32.0 Å². The van der Waals surface area contributed by atoms with E-state index in [0.29, 0.717) is 33.9 Å². The van der Waals surface area contributed by atoms with E-state index in [9.17, 15) is 22.4 Å². The van der Waals surface area contributed by atoms with E-state index in [1.807, 2.05) is 5.32 Å². The van der Waals surface area contributed by atoms with Crippen molar-refractivity contribution in [1.82, 2.24) is 25.9 Å². The number of aromatic amines is 1. The van der Waals surface area contributed by atoms with E-state index < -0.39 is 30.5 Å². The number of halogens is 5. The average molecular weight is 447 g/mol. The highest BCUT2D eigenvalue weighted by Crippen LogP contribution is 2.23. The minimum atomic E-state index is -4.54. The standard InChI is InChI=1S/C18H19ClF4N6O/c1-2-3-13(17(30)27-8-18(21,22)23)28-16-12(20)7-26-15(29-16)11-6-25-14-10(11)4-9(19)5-24-14/h4-6,13,28H,2-3,7-8H2,1H3,(H,24,25)(H,26,29)(H,27,30)/t13-/m1/s1. The number of amidine groups is 1. The molecule has 3 rings (SSSR count). The van der Waals surface area contributed by atoms with Gasteiger partial charge in [-0.2, -0.15) is 13.2 Å². The molecule has 30 heavy (non-hydrogen) atoms. The van der Waals surface area contributed by atoms with Gasteiger partial charge in [0.05, 0.1) is 11.6 Å². The zero-order valence-corrected chi connectivity index (χ0v) is 16.6. The van der Waals surface area contributed by atoms with Gasteiger partial charge in [-0.1, -0.05) is 24.9 Å². The number of aliphatic imine (C=N–C) groups is 1. The molecular formula is C18H19ClF4N6O. The monoisotopic (exact) mass is 446 g/mol. The molecule has 1 aliphatic heterocycles. The minimum Gasteiger partial charge on any atom is -0.363 e. The van der Waals surface area contributed by atoms with Crippen LogP contribution in [0.25, 0.3) is 11.0 Å². The Labute approximate surface area is 174 Å². The Morgan fingerprint density at radius 1 is 1.40 bits per heavy atom. The third-order valence-corrected chi connectivity index (χ3v) is 4.52. The summed E-state index contributed by atoms with van der Waals surface area (Å²) in [7, 11) is 0. The Morgan fingerprint density at radius 3 is 2.87 bits per heavy atom. The topological polar surface area (TPSA) is 94.2 Å². The molecule has 0 spiro atoms. The van der Waals surface area contributed by atoms with Crippen LogP contribution in [0.3, 0.4) is 0 Å². The predicted molar refractivity (Wildman–Crippen MR) is 105 cm³/mol. The fourth-order valence-electron chi connectivity index (χ4n) is 2.93. The van der Waals surface area contributed by atoms with Crippen LogP contribution in [0.15, 0.2) is 35.1 Å². The summed E-state index contributed by atoms with van der Waals surface area (Å²) in [4.78, 5) is 23.5. The van der Waals surface area contributed by atoms with Gasteiger partial charge in [0.25, 0.3) is 0 Å². The summed E-state index contributed by atoms with van der Waals surface area (Å²) in [6.45, 7) is 0.0928. The van der Waals surface area contributed by atoms with Crippen molar-refractivity contribution in [2.75, 3.05) is 13.1 Å². The molecule has 0 aromatic carbocycles. The molecule has 0 saturated heterocycles. The maximum Gasteiger partial charge on any atom is 0.405 e. The van der Waals surface area contributed by atoms with Gasteiger partial charge in [0.15, 0.2) is 11.6 Å². The predicted octanol–water partition coefficient (Wildman–Crippen LogP) is 3.14. The van der Waals surface area contributed by atoms with Crippen molar-refractivity contribution in [3.8, 4) is 0 Å². The third kappa shape index (κ3) is 5.21. The Balaban J connectivity index is 1.83. The molecule has 1 aliphatic rings. The first-order chi connectivity index (χ1) is 14.2. The number of amides is 1. The van der Waals surface area contributed by atoms with E-state index >= 15 is 0 Å². The number of carbonyl (C=O) groups is 1. The highest BCUT2D eigenvalue weighted by atomic mass is 35.5. The number of carbonyl (C=O) groups excluding carboxylic acids is 1. The Bertz CT molecular complexity index is 1000. The van der Waals surface area contributed by atoms with Crippen molar-refractivity contribution in [2.24, 2.45) is 4.99 Å². The molecule has 2 aromatic heterocycles. The quantitative estimate of drug-likeness (QED) is 0.491. The van der Waals surface area contributed by atoms with Gasteiger partial charge < -0.3 is 20.9 Å². The van der Waals surface area contributed by atoms with Crippen molar-refractivity contribution in [3.63, 3.8) is 0 Å². The smallest absolute Gasteiger partial charge is 0.363 e. The van der Waals surface area contributed by atoms with E-state index in [1.54, 1.807) is 19.2 Å². The highest BCUT2D eigenvalue weighted by molar-refractivity contribution is 6.31. The number of hydrogen-bond donors (Lipinski definition) is 4. The van der Waals surface area contributed by atoms with E-state index in [2.05, 4.69) is 25.6 Å². The van der Waals surface area contributed by atoms with Gasteiger partial charge >= 0.3 is 6.18 Å². The molecule has 162 valence electrons. The lowest BCUT2D eigenvalue weighted by Crippen LogP contribution is -2.47. The molecule has 0 saturated carbocycles. The Kier molecular flexibility index (Phi) is 6.49. The second-order valence-corrected chi connectivity index (χ2v) is 7.07. The number of alkyl halides is 3. The normalized spacial score (nSPS) is 15.6. The summed E-state index contributed by atoms with van der Waals surface area (Å²) >= 11 is 6.00. The van der Waals surface area contributed by atoms with Gasteiger partial charge in [-0.15, -0.1) is 0 Å². The fourth-order valence-corrected chi connectivity index (χ4v) is 3.09. The maximum atomic E-state index is 14.4.